The monoisotopic (exact) mass is 309 g/mol. The molecule has 0 aliphatic heterocycles. The summed E-state index contributed by atoms with van der Waals surface area (Å²) in [7, 11) is 1.26. The fourth-order valence-corrected chi connectivity index (χ4v) is 1.83. The molecule has 22 heavy (non-hydrogen) atoms. The minimum absolute atomic E-state index is 0.361. The number of carbonyl (C=O) groups excluding carboxylic acids is 2. The van der Waals surface area contributed by atoms with Crippen molar-refractivity contribution in [2.24, 2.45) is 5.73 Å². The molecular formula is C14H10F3N3O2. The first-order chi connectivity index (χ1) is 10.4. The van der Waals surface area contributed by atoms with E-state index in [0.29, 0.717) is 0 Å². The molecule has 2 aromatic rings. The Balaban J connectivity index is 2.74. The number of rotatable bonds is 3. The number of nitrogens with one attached hydrogen (secondary N) is 1. The van der Waals surface area contributed by atoms with Crippen molar-refractivity contribution in [3.63, 3.8) is 0 Å². The van der Waals surface area contributed by atoms with Crippen molar-refractivity contribution in [1.82, 2.24) is 10.3 Å². The number of hydrogen-bond donors (Lipinski definition) is 2. The van der Waals surface area contributed by atoms with Gasteiger partial charge in [0.2, 0.25) is 0 Å². The van der Waals surface area contributed by atoms with Gasteiger partial charge in [0, 0.05) is 7.05 Å². The summed E-state index contributed by atoms with van der Waals surface area (Å²) in [5.74, 6) is -5.27. The Morgan fingerprint density at radius 2 is 1.73 bits per heavy atom. The quantitative estimate of drug-likeness (QED) is 0.903. The molecule has 3 N–H and O–H groups in total. The van der Waals surface area contributed by atoms with Crippen LogP contribution >= 0.6 is 0 Å². The molecule has 114 valence electrons. The van der Waals surface area contributed by atoms with Crippen LogP contribution in [0.15, 0.2) is 24.3 Å². The van der Waals surface area contributed by atoms with Crippen molar-refractivity contribution in [2.45, 2.75) is 0 Å². The molecule has 0 saturated carbocycles. The number of halogens is 3. The lowest BCUT2D eigenvalue weighted by atomic mass is 10.0. The predicted octanol–water partition coefficient (Wildman–Crippen LogP) is 1.62. The topological polar surface area (TPSA) is 85.1 Å². The van der Waals surface area contributed by atoms with Gasteiger partial charge in [0.25, 0.3) is 11.8 Å². The zero-order valence-electron chi connectivity index (χ0n) is 11.3. The van der Waals surface area contributed by atoms with Gasteiger partial charge in [-0.25, -0.2) is 18.2 Å². The van der Waals surface area contributed by atoms with E-state index in [-0.39, 0.29) is 5.69 Å². The van der Waals surface area contributed by atoms with Crippen LogP contribution in [-0.4, -0.2) is 23.8 Å². The molecule has 0 bridgehead atoms. The molecule has 0 aliphatic carbocycles. The first kappa shape index (κ1) is 15.5. The van der Waals surface area contributed by atoms with Crippen molar-refractivity contribution >= 4 is 11.8 Å². The second-order valence-electron chi connectivity index (χ2n) is 4.25. The SMILES string of the molecule is CNC(=O)c1ccc(F)c(-c2nc(C(N)=O)ccc2F)c1F. The predicted molar refractivity (Wildman–Crippen MR) is 71.5 cm³/mol. The van der Waals surface area contributed by atoms with E-state index in [0.717, 1.165) is 24.3 Å². The van der Waals surface area contributed by atoms with E-state index in [1.165, 1.54) is 7.05 Å². The Morgan fingerprint density at radius 1 is 1.09 bits per heavy atom. The molecule has 1 heterocycles. The van der Waals surface area contributed by atoms with Crippen molar-refractivity contribution in [1.29, 1.82) is 0 Å². The number of aromatic nitrogens is 1. The summed E-state index contributed by atoms with van der Waals surface area (Å²) in [6, 6.07) is 3.53. The summed E-state index contributed by atoms with van der Waals surface area (Å²) in [6.45, 7) is 0. The minimum atomic E-state index is -1.28. The van der Waals surface area contributed by atoms with Gasteiger partial charge in [-0.2, -0.15) is 0 Å². The Morgan fingerprint density at radius 3 is 2.32 bits per heavy atom. The van der Waals surface area contributed by atoms with Crippen LogP contribution in [0.3, 0.4) is 0 Å². The minimum Gasteiger partial charge on any atom is -0.364 e. The van der Waals surface area contributed by atoms with Gasteiger partial charge in [-0.05, 0) is 24.3 Å². The zero-order valence-corrected chi connectivity index (χ0v) is 11.3. The summed E-state index contributed by atoms with van der Waals surface area (Å²) in [4.78, 5) is 26.1. The molecule has 0 saturated heterocycles. The van der Waals surface area contributed by atoms with Crippen molar-refractivity contribution in [2.75, 3.05) is 7.05 Å². The van der Waals surface area contributed by atoms with Crippen LogP contribution in [0, 0.1) is 17.5 Å². The Labute approximate surface area is 123 Å². The Hall–Kier alpha value is -2.90. The number of nitrogens with two attached hydrogens (primary N) is 1. The molecule has 0 aliphatic rings. The van der Waals surface area contributed by atoms with Gasteiger partial charge in [0.1, 0.15) is 28.8 Å². The number of primary amides is 1. The highest BCUT2D eigenvalue weighted by Gasteiger charge is 2.23. The number of benzene rings is 1. The standard InChI is InChI=1S/C14H10F3N3O2/c1-19-14(22)6-2-3-7(15)10(11(6)17)12-8(16)4-5-9(20-12)13(18)21/h2-5H,1H3,(H2,18,21)(H,19,22). The molecule has 5 nitrogen and oxygen atoms in total. The maximum absolute atomic E-state index is 14.3. The molecule has 1 aromatic heterocycles. The first-order valence-electron chi connectivity index (χ1n) is 6.03. The highest BCUT2D eigenvalue weighted by atomic mass is 19.1. The lowest BCUT2D eigenvalue weighted by molar-refractivity contribution is 0.0957. The van der Waals surface area contributed by atoms with Gasteiger partial charge in [-0.15, -0.1) is 0 Å². The van der Waals surface area contributed by atoms with Crippen LogP contribution < -0.4 is 11.1 Å². The number of pyridine rings is 1. The lowest BCUT2D eigenvalue weighted by Crippen LogP contribution is -2.20. The first-order valence-corrected chi connectivity index (χ1v) is 6.03. The second kappa shape index (κ2) is 5.84. The number of hydrogen-bond acceptors (Lipinski definition) is 3. The molecule has 0 radical (unpaired) electrons. The van der Waals surface area contributed by atoms with Crippen LogP contribution in [0.2, 0.25) is 0 Å². The van der Waals surface area contributed by atoms with Crippen LogP contribution in [0.1, 0.15) is 20.8 Å². The summed E-state index contributed by atoms with van der Waals surface area (Å²) in [5, 5.41) is 2.17. The van der Waals surface area contributed by atoms with Gasteiger partial charge in [-0.3, -0.25) is 9.59 Å². The van der Waals surface area contributed by atoms with E-state index in [9.17, 15) is 22.8 Å². The average Bonchev–Trinajstić information content (AvgIpc) is 2.48. The Bertz CT molecular complexity index is 778. The van der Waals surface area contributed by atoms with E-state index >= 15 is 0 Å². The molecule has 2 rings (SSSR count). The zero-order chi connectivity index (χ0) is 16.4. The lowest BCUT2D eigenvalue weighted by Gasteiger charge is -2.10. The molecule has 2 amide bonds. The van der Waals surface area contributed by atoms with Crippen LogP contribution in [0.4, 0.5) is 13.2 Å². The van der Waals surface area contributed by atoms with E-state index in [2.05, 4.69) is 10.3 Å². The normalized spacial score (nSPS) is 10.4. The third-order valence-corrected chi connectivity index (χ3v) is 2.90. The fraction of sp³-hybridized carbons (Fsp3) is 0.0714. The molecule has 0 spiro atoms. The van der Waals surface area contributed by atoms with Crippen molar-refractivity contribution in [3.05, 3.63) is 53.0 Å². The summed E-state index contributed by atoms with van der Waals surface area (Å²) in [5.41, 5.74) is 2.58. The number of nitrogens with zero attached hydrogens (tertiary/aromatic N) is 1. The van der Waals surface area contributed by atoms with Crippen LogP contribution in [0.5, 0.6) is 0 Å². The molecule has 0 fully saturated rings. The molecule has 1 aromatic carbocycles. The maximum Gasteiger partial charge on any atom is 0.267 e. The highest BCUT2D eigenvalue weighted by molar-refractivity contribution is 5.96. The van der Waals surface area contributed by atoms with E-state index in [1.807, 2.05) is 0 Å². The molecular weight excluding hydrogens is 299 g/mol. The fourth-order valence-electron chi connectivity index (χ4n) is 1.83. The number of amides is 2. The third-order valence-electron chi connectivity index (χ3n) is 2.90. The van der Waals surface area contributed by atoms with Crippen molar-refractivity contribution < 1.29 is 22.8 Å². The summed E-state index contributed by atoms with van der Waals surface area (Å²) >= 11 is 0. The van der Waals surface area contributed by atoms with Gasteiger partial charge >= 0.3 is 0 Å². The molecule has 0 unspecified atom stereocenters. The van der Waals surface area contributed by atoms with Gasteiger partial charge < -0.3 is 11.1 Å². The molecule has 8 heteroatoms. The smallest absolute Gasteiger partial charge is 0.267 e. The van der Waals surface area contributed by atoms with Crippen molar-refractivity contribution in [3.8, 4) is 11.3 Å². The van der Waals surface area contributed by atoms with Crippen LogP contribution in [0.25, 0.3) is 11.3 Å². The maximum atomic E-state index is 14.3. The average molecular weight is 309 g/mol. The molecule has 0 atom stereocenters. The van der Waals surface area contributed by atoms with E-state index in [1.54, 1.807) is 0 Å². The van der Waals surface area contributed by atoms with E-state index in [4.69, 9.17) is 5.73 Å². The third kappa shape index (κ3) is 2.62. The van der Waals surface area contributed by atoms with Gasteiger partial charge in [-0.1, -0.05) is 0 Å². The summed E-state index contributed by atoms with van der Waals surface area (Å²) in [6.07, 6.45) is 0. The largest absolute Gasteiger partial charge is 0.364 e. The van der Waals surface area contributed by atoms with E-state index < -0.39 is 46.1 Å². The van der Waals surface area contributed by atoms with Crippen LogP contribution in [-0.2, 0) is 0 Å². The second-order valence-corrected chi connectivity index (χ2v) is 4.25. The Kier molecular flexibility index (Phi) is 4.11. The highest BCUT2D eigenvalue weighted by Crippen LogP contribution is 2.29. The van der Waals surface area contributed by atoms with Gasteiger partial charge in [0.15, 0.2) is 0 Å². The van der Waals surface area contributed by atoms with Gasteiger partial charge in [0.05, 0.1) is 11.1 Å². The summed E-state index contributed by atoms with van der Waals surface area (Å²) < 4.78 is 42.1. The number of carbonyl (C=O) groups is 2.